The fourth-order valence-electron chi connectivity index (χ4n) is 3.50. The fraction of sp³-hybridized carbons (Fsp3) is 0.400. The van der Waals surface area contributed by atoms with E-state index in [0.29, 0.717) is 27.3 Å². The number of carbonyl (C=O) groups is 2. The van der Waals surface area contributed by atoms with Gasteiger partial charge in [0.1, 0.15) is 10.8 Å². The Balaban J connectivity index is 1.69. The van der Waals surface area contributed by atoms with Crippen molar-refractivity contribution in [3.8, 4) is 5.75 Å². The lowest BCUT2D eigenvalue weighted by Gasteiger charge is -2.21. The molecule has 0 spiro atoms. The molecule has 1 aliphatic rings. The molecule has 1 unspecified atom stereocenters. The third-order valence-corrected chi connectivity index (χ3v) is 6.17. The fourth-order valence-corrected chi connectivity index (χ4v) is 5.01. The molecule has 3 N–H and O–H groups in total. The summed E-state index contributed by atoms with van der Waals surface area (Å²) in [6.45, 7) is 2.03. The number of amides is 2. The molecule has 1 atom stereocenters. The van der Waals surface area contributed by atoms with Crippen molar-refractivity contribution in [2.75, 3.05) is 11.9 Å². The van der Waals surface area contributed by atoms with Gasteiger partial charge in [0, 0.05) is 9.90 Å². The molecule has 144 valence electrons. The number of carbonyl (C=O) groups excluding carboxylic acids is 2. The Kier molecular flexibility index (Phi) is 6.39. The minimum atomic E-state index is -0.490. The van der Waals surface area contributed by atoms with Crippen molar-refractivity contribution in [1.29, 1.82) is 0 Å². The number of hydrogen-bond acceptors (Lipinski definition) is 4. The molecule has 1 heterocycles. The largest absolute Gasteiger partial charge is 0.484 e. The second-order valence-corrected chi connectivity index (χ2v) is 8.30. The number of nitrogens with one attached hydrogen (secondary N) is 1. The van der Waals surface area contributed by atoms with Crippen molar-refractivity contribution in [3.63, 3.8) is 0 Å². The lowest BCUT2D eigenvalue weighted by molar-refractivity contribution is -0.118. The van der Waals surface area contributed by atoms with Crippen LogP contribution in [-0.4, -0.2) is 18.4 Å². The van der Waals surface area contributed by atoms with Crippen LogP contribution in [0.15, 0.2) is 24.3 Å². The number of primary amides is 1. The molecule has 27 heavy (non-hydrogen) atoms. The third-order valence-electron chi connectivity index (χ3n) is 4.75. The van der Waals surface area contributed by atoms with E-state index in [9.17, 15) is 9.59 Å². The molecule has 0 aliphatic heterocycles. The maximum absolute atomic E-state index is 12.3. The summed E-state index contributed by atoms with van der Waals surface area (Å²) in [6, 6.07) is 6.78. The van der Waals surface area contributed by atoms with Crippen molar-refractivity contribution in [3.05, 3.63) is 45.3 Å². The van der Waals surface area contributed by atoms with Gasteiger partial charge in [-0.3, -0.25) is 9.59 Å². The Morgan fingerprint density at radius 3 is 2.74 bits per heavy atom. The van der Waals surface area contributed by atoms with Crippen LogP contribution in [0.2, 0.25) is 5.02 Å². The zero-order valence-electron chi connectivity index (χ0n) is 15.2. The molecule has 1 aromatic carbocycles. The second kappa shape index (κ2) is 8.76. The minimum Gasteiger partial charge on any atom is -0.484 e. The molecule has 0 saturated heterocycles. The van der Waals surface area contributed by atoms with Gasteiger partial charge >= 0.3 is 0 Å². The van der Waals surface area contributed by atoms with E-state index in [4.69, 9.17) is 22.1 Å². The van der Waals surface area contributed by atoms with Crippen molar-refractivity contribution < 1.29 is 14.3 Å². The molecule has 5 nitrogen and oxygen atoms in total. The molecule has 7 heteroatoms. The molecule has 2 amide bonds. The maximum Gasteiger partial charge on any atom is 0.262 e. The highest BCUT2D eigenvalue weighted by Gasteiger charge is 2.28. The van der Waals surface area contributed by atoms with Gasteiger partial charge < -0.3 is 15.8 Å². The van der Waals surface area contributed by atoms with E-state index in [2.05, 4.69) is 12.2 Å². The van der Waals surface area contributed by atoms with Gasteiger partial charge in [0.05, 0.1) is 5.56 Å². The monoisotopic (exact) mass is 406 g/mol. The zero-order valence-corrected chi connectivity index (χ0v) is 16.8. The highest BCUT2D eigenvalue weighted by molar-refractivity contribution is 7.17. The average Bonchev–Trinajstić information content (AvgIpc) is 2.98. The summed E-state index contributed by atoms with van der Waals surface area (Å²) in [4.78, 5) is 25.5. The number of fused-ring (bicyclic) bond motifs is 1. The van der Waals surface area contributed by atoms with Gasteiger partial charge in [-0.1, -0.05) is 31.4 Å². The highest BCUT2D eigenvalue weighted by Crippen LogP contribution is 2.40. The molecule has 3 rings (SSSR count). The predicted molar refractivity (Wildman–Crippen MR) is 109 cm³/mol. The molecular weight excluding hydrogens is 384 g/mol. The summed E-state index contributed by atoms with van der Waals surface area (Å²) < 4.78 is 5.46. The molecule has 1 aliphatic carbocycles. The van der Waals surface area contributed by atoms with Crippen molar-refractivity contribution in [2.24, 2.45) is 11.7 Å². The van der Waals surface area contributed by atoms with E-state index in [1.54, 1.807) is 24.3 Å². The molecule has 1 aromatic heterocycles. The van der Waals surface area contributed by atoms with Gasteiger partial charge in [0.15, 0.2) is 6.61 Å². The maximum atomic E-state index is 12.3. The van der Waals surface area contributed by atoms with E-state index < -0.39 is 5.91 Å². The number of rotatable bonds is 7. The van der Waals surface area contributed by atoms with Gasteiger partial charge in [-0.15, -0.1) is 11.3 Å². The van der Waals surface area contributed by atoms with Gasteiger partial charge in [-0.05, 0) is 55.0 Å². The molecule has 0 radical (unpaired) electrons. The summed E-state index contributed by atoms with van der Waals surface area (Å²) in [7, 11) is 0. The van der Waals surface area contributed by atoms with Crippen LogP contribution in [0.1, 0.15) is 47.0 Å². The number of benzene rings is 1. The van der Waals surface area contributed by atoms with Crippen LogP contribution in [-0.2, 0) is 17.6 Å². The van der Waals surface area contributed by atoms with Gasteiger partial charge in [-0.25, -0.2) is 0 Å². The first-order chi connectivity index (χ1) is 13.0. The number of hydrogen-bond donors (Lipinski definition) is 2. The third kappa shape index (κ3) is 4.82. The topological polar surface area (TPSA) is 81.4 Å². The van der Waals surface area contributed by atoms with Crippen LogP contribution in [0.5, 0.6) is 5.75 Å². The molecule has 0 bridgehead atoms. The minimum absolute atomic E-state index is 0.152. The number of nitrogens with two attached hydrogens (primary N) is 1. The van der Waals surface area contributed by atoms with Crippen LogP contribution in [0, 0.1) is 5.92 Å². The summed E-state index contributed by atoms with van der Waals surface area (Å²) in [5, 5.41) is 3.94. The first-order valence-corrected chi connectivity index (χ1v) is 10.3. The standard InChI is InChI=1S/C20H23ClN2O3S/c1-2-3-12-4-9-15-16(10-12)27-20(18(15)19(22)25)23-17(24)11-26-14-7-5-13(21)6-8-14/h5-8,12H,2-4,9-11H2,1H3,(H2,22,25)(H,23,24). The predicted octanol–water partition coefficient (Wildman–Crippen LogP) is 4.42. The van der Waals surface area contributed by atoms with Gasteiger partial charge in [0.25, 0.3) is 11.8 Å². The smallest absolute Gasteiger partial charge is 0.262 e. The number of thiophene rings is 1. The second-order valence-electron chi connectivity index (χ2n) is 6.76. The molecular formula is C20H23ClN2O3S. The Bertz CT molecular complexity index is 832. The Labute approximate surface area is 167 Å². The summed E-state index contributed by atoms with van der Waals surface area (Å²) in [5.41, 5.74) is 7.07. The summed E-state index contributed by atoms with van der Waals surface area (Å²) in [5.74, 6) is 0.378. The summed E-state index contributed by atoms with van der Waals surface area (Å²) in [6.07, 6.45) is 5.18. The molecule has 2 aromatic rings. The SMILES string of the molecule is CCCC1CCc2c(sc(NC(=O)COc3ccc(Cl)cc3)c2C(N)=O)C1. The van der Waals surface area contributed by atoms with Gasteiger partial charge in [0.2, 0.25) is 0 Å². The number of halogens is 1. The number of ether oxygens (including phenoxy) is 1. The van der Waals surface area contributed by atoms with E-state index in [0.717, 1.165) is 31.2 Å². The van der Waals surface area contributed by atoms with Crippen LogP contribution in [0.25, 0.3) is 0 Å². The average molecular weight is 407 g/mol. The first-order valence-electron chi connectivity index (χ1n) is 9.10. The van der Waals surface area contributed by atoms with Crippen LogP contribution in [0.3, 0.4) is 0 Å². The Hall–Kier alpha value is -2.05. The lowest BCUT2D eigenvalue weighted by atomic mass is 9.84. The van der Waals surface area contributed by atoms with E-state index >= 15 is 0 Å². The van der Waals surface area contributed by atoms with Gasteiger partial charge in [-0.2, -0.15) is 0 Å². The van der Waals surface area contributed by atoms with Crippen LogP contribution >= 0.6 is 22.9 Å². The highest BCUT2D eigenvalue weighted by atomic mass is 35.5. The number of anilines is 1. The van der Waals surface area contributed by atoms with Crippen LogP contribution in [0.4, 0.5) is 5.00 Å². The molecule has 0 fully saturated rings. The quantitative estimate of drug-likeness (QED) is 0.713. The van der Waals surface area contributed by atoms with Crippen LogP contribution < -0.4 is 15.8 Å². The zero-order chi connectivity index (χ0) is 19.4. The first kappa shape index (κ1) is 19.7. The summed E-state index contributed by atoms with van der Waals surface area (Å²) >= 11 is 7.30. The van der Waals surface area contributed by atoms with E-state index in [1.165, 1.54) is 22.6 Å². The van der Waals surface area contributed by atoms with E-state index in [1.807, 2.05) is 0 Å². The Morgan fingerprint density at radius 2 is 2.07 bits per heavy atom. The molecule has 0 saturated carbocycles. The van der Waals surface area contributed by atoms with Crippen molar-refractivity contribution >= 4 is 39.8 Å². The van der Waals surface area contributed by atoms with Crippen molar-refractivity contribution in [1.82, 2.24) is 0 Å². The normalized spacial score (nSPS) is 15.9. The lowest BCUT2D eigenvalue weighted by Crippen LogP contribution is -2.22. The van der Waals surface area contributed by atoms with Crippen molar-refractivity contribution in [2.45, 2.75) is 39.0 Å². The van der Waals surface area contributed by atoms with E-state index in [-0.39, 0.29) is 12.5 Å². The Morgan fingerprint density at radius 1 is 1.33 bits per heavy atom.